The van der Waals surface area contributed by atoms with Gasteiger partial charge < -0.3 is 10.0 Å². The zero-order chi connectivity index (χ0) is 13.1. The number of carboxylic acids is 1. The van der Waals surface area contributed by atoms with Gasteiger partial charge in [-0.25, -0.2) is 4.79 Å². The van der Waals surface area contributed by atoms with E-state index in [0.717, 1.165) is 36.0 Å². The number of hydrogen-bond donors (Lipinski definition) is 1. The molecule has 0 bridgehead atoms. The van der Waals surface area contributed by atoms with Gasteiger partial charge >= 0.3 is 5.97 Å². The first-order valence-electron chi connectivity index (χ1n) is 6.00. The topological polar surface area (TPSA) is 40.5 Å². The molecule has 0 aliphatic carbocycles. The van der Waals surface area contributed by atoms with Crippen molar-refractivity contribution in [3.8, 4) is 0 Å². The summed E-state index contributed by atoms with van der Waals surface area (Å²) in [5.74, 6) is -0.837. The van der Waals surface area contributed by atoms with Gasteiger partial charge in [-0.1, -0.05) is 27.6 Å². The van der Waals surface area contributed by atoms with Crippen LogP contribution in [0.3, 0.4) is 0 Å². The summed E-state index contributed by atoms with van der Waals surface area (Å²) in [5.41, 5.74) is 3.45. The highest BCUT2D eigenvalue weighted by molar-refractivity contribution is 9.10. The Balaban J connectivity index is 2.05. The normalized spacial score (nSPS) is 15.7. The third kappa shape index (κ3) is 3.13. The zero-order valence-electron chi connectivity index (χ0n) is 10.3. The molecule has 0 atom stereocenters. The summed E-state index contributed by atoms with van der Waals surface area (Å²) in [7, 11) is 0. The Morgan fingerprint density at radius 3 is 2.61 bits per heavy atom. The molecule has 1 aromatic carbocycles. The van der Waals surface area contributed by atoms with Crippen molar-refractivity contribution in [3.05, 3.63) is 39.9 Å². The summed E-state index contributed by atoms with van der Waals surface area (Å²) >= 11 is 3.54. The van der Waals surface area contributed by atoms with Gasteiger partial charge in [0, 0.05) is 29.3 Å². The minimum Gasteiger partial charge on any atom is -0.478 e. The van der Waals surface area contributed by atoms with Crippen LogP contribution in [0.1, 0.15) is 18.4 Å². The van der Waals surface area contributed by atoms with Crippen LogP contribution in [-0.4, -0.2) is 24.2 Å². The average molecular weight is 310 g/mol. The van der Waals surface area contributed by atoms with E-state index in [1.54, 1.807) is 0 Å². The van der Waals surface area contributed by atoms with E-state index in [1.165, 1.54) is 17.3 Å². The molecule has 1 N–H and O–H groups in total. The Morgan fingerprint density at radius 1 is 1.39 bits per heavy atom. The van der Waals surface area contributed by atoms with E-state index in [1.807, 2.05) is 0 Å². The van der Waals surface area contributed by atoms with E-state index >= 15 is 0 Å². The first kappa shape index (κ1) is 13.1. The van der Waals surface area contributed by atoms with Gasteiger partial charge in [0.25, 0.3) is 0 Å². The largest absolute Gasteiger partial charge is 0.478 e. The monoisotopic (exact) mass is 309 g/mol. The Kier molecular flexibility index (Phi) is 4.07. The molecule has 0 spiro atoms. The van der Waals surface area contributed by atoms with Crippen LogP contribution in [-0.2, 0) is 4.79 Å². The van der Waals surface area contributed by atoms with Crippen molar-refractivity contribution in [3.63, 3.8) is 0 Å². The van der Waals surface area contributed by atoms with Gasteiger partial charge in [-0.05, 0) is 37.5 Å². The van der Waals surface area contributed by atoms with Crippen molar-refractivity contribution in [2.24, 2.45) is 0 Å². The lowest BCUT2D eigenvalue weighted by Crippen LogP contribution is -2.30. The Hall–Kier alpha value is -1.29. The van der Waals surface area contributed by atoms with Crippen molar-refractivity contribution in [2.45, 2.75) is 19.8 Å². The highest BCUT2D eigenvalue weighted by Gasteiger charge is 2.15. The molecule has 2 rings (SSSR count). The highest BCUT2D eigenvalue weighted by Crippen LogP contribution is 2.27. The van der Waals surface area contributed by atoms with Gasteiger partial charge in [0.1, 0.15) is 0 Å². The molecule has 3 nitrogen and oxygen atoms in total. The molecule has 1 aliphatic rings. The molecule has 96 valence electrons. The first-order valence-corrected chi connectivity index (χ1v) is 6.79. The van der Waals surface area contributed by atoms with Gasteiger partial charge in [0.2, 0.25) is 0 Å². The number of halogens is 1. The maximum atomic E-state index is 10.6. The number of aliphatic carboxylic acids is 1. The van der Waals surface area contributed by atoms with Crippen LogP contribution in [0.2, 0.25) is 0 Å². The van der Waals surface area contributed by atoms with Crippen LogP contribution >= 0.6 is 15.9 Å². The van der Waals surface area contributed by atoms with Gasteiger partial charge in [0.05, 0.1) is 0 Å². The fraction of sp³-hybridized carbons (Fsp3) is 0.357. The smallest absolute Gasteiger partial charge is 0.328 e. The number of carboxylic acid groups (broad SMARTS) is 1. The number of aryl methyl sites for hydroxylation is 1. The molecule has 4 heteroatoms. The average Bonchev–Trinajstić information content (AvgIpc) is 2.33. The molecule has 18 heavy (non-hydrogen) atoms. The quantitative estimate of drug-likeness (QED) is 0.852. The lowest BCUT2D eigenvalue weighted by molar-refractivity contribution is -0.131. The van der Waals surface area contributed by atoms with Crippen LogP contribution in [0.25, 0.3) is 0 Å². The number of anilines is 1. The second kappa shape index (κ2) is 5.57. The second-order valence-corrected chi connectivity index (χ2v) is 5.42. The van der Waals surface area contributed by atoms with Crippen LogP contribution in [0.15, 0.2) is 34.3 Å². The maximum Gasteiger partial charge on any atom is 0.328 e. The number of rotatable bonds is 2. The number of benzene rings is 1. The van der Waals surface area contributed by atoms with E-state index in [4.69, 9.17) is 5.11 Å². The molecule has 1 saturated heterocycles. The summed E-state index contributed by atoms with van der Waals surface area (Å²) in [6, 6.07) is 6.34. The Bertz CT molecular complexity index is 487. The van der Waals surface area contributed by atoms with Crippen molar-refractivity contribution < 1.29 is 9.90 Å². The molecule has 0 saturated carbocycles. The Morgan fingerprint density at radius 2 is 2.06 bits per heavy atom. The summed E-state index contributed by atoms with van der Waals surface area (Å²) in [5, 5.41) is 8.72. The van der Waals surface area contributed by atoms with Crippen LogP contribution in [0.4, 0.5) is 5.69 Å². The SMILES string of the molecule is Cc1ccc(N2CCC(=CC(=O)O)CC2)cc1Br. The van der Waals surface area contributed by atoms with E-state index in [2.05, 4.69) is 46.0 Å². The lowest BCUT2D eigenvalue weighted by atomic mass is 10.0. The van der Waals surface area contributed by atoms with E-state index in [-0.39, 0.29) is 0 Å². The van der Waals surface area contributed by atoms with E-state index in [9.17, 15) is 4.79 Å². The molecular weight excluding hydrogens is 294 g/mol. The summed E-state index contributed by atoms with van der Waals surface area (Å²) in [6.45, 7) is 3.83. The predicted octanol–water partition coefficient (Wildman–Crippen LogP) is 3.37. The number of piperidine rings is 1. The van der Waals surface area contributed by atoms with Gasteiger partial charge in [-0.15, -0.1) is 0 Å². The Labute approximate surface area is 115 Å². The fourth-order valence-electron chi connectivity index (χ4n) is 2.15. The second-order valence-electron chi connectivity index (χ2n) is 4.56. The molecule has 0 amide bonds. The van der Waals surface area contributed by atoms with Crippen LogP contribution in [0, 0.1) is 6.92 Å². The lowest BCUT2D eigenvalue weighted by Gasteiger charge is -2.30. The van der Waals surface area contributed by atoms with Crippen LogP contribution in [0.5, 0.6) is 0 Å². The summed E-state index contributed by atoms with van der Waals surface area (Å²) in [6.07, 6.45) is 3.01. The van der Waals surface area contributed by atoms with Gasteiger partial charge in [-0.2, -0.15) is 0 Å². The minimum atomic E-state index is -0.837. The molecule has 0 unspecified atom stereocenters. The van der Waals surface area contributed by atoms with E-state index in [0.29, 0.717) is 0 Å². The number of hydrogen-bond acceptors (Lipinski definition) is 2. The molecule has 1 fully saturated rings. The predicted molar refractivity (Wildman–Crippen MR) is 76.0 cm³/mol. The summed E-state index contributed by atoms with van der Waals surface area (Å²) < 4.78 is 1.12. The first-order chi connectivity index (χ1) is 8.56. The van der Waals surface area contributed by atoms with Crippen molar-refractivity contribution in [2.75, 3.05) is 18.0 Å². The number of carbonyl (C=O) groups is 1. The molecule has 0 radical (unpaired) electrons. The molecule has 1 aromatic rings. The standard InChI is InChI=1S/C14H16BrNO2/c1-10-2-3-12(9-13(10)15)16-6-4-11(5-7-16)8-14(17)18/h2-3,8-9H,4-7H2,1H3,(H,17,18). The molecular formula is C14H16BrNO2. The third-order valence-corrected chi connectivity index (χ3v) is 4.11. The van der Waals surface area contributed by atoms with Crippen molar-refractivity contribution in [1.82, 2.24) is 0 Å². The zero-order valence-corrected chi connectivity index (χ0v) is 11.9. The fourth-order valence-corrected chi connectivity index (χ4v) is 2.52. The van der Waals surface area contributed by atoms with Crippen LogP contribution < -0.4 is 4.90 Å². The molecule has 1 heterocycles. The van der Waals surface area contributed by atoms with Crippen molar-refractivity contribution in [1.29, 1.82) is 0 Å². The van der Waals surface area contributed by atoms with Gasteiger partial charge in [-0.3, -0.25) is 0 Å². The third-order valence-electron chi connectivity index (χ3n) is 3.25. The highest BCUT2D eigenvalue weighted by atomic mass is 79.9. The molecule has 1 aliphatic heterocycles. The van der Waals surface area contributed by atoms with Crippen molar-refractivity contribution >= 4 is 27.6 Å². The maximum absolute atomic E-state index is 10.6. The van der Waals surface area contributed by atoms with E-state index < -0.39 is 5.97 Å². The summed E-state index contributed by atoms with van der Waals surface area (Å²) in [4.78, 5) is 12.9. The van der Waals surface area contributed by atoms with Gasteiger partial charge in [0.15, 0.2) is 0 Å². The minimum absolute atomic E-state index is 0.831. The number of nitrogens with zero attached hydrogens (tertiary/aromatic N) is 1. The molecule has 0 aromatic heterocycles.